The van der Waals surface area contributed by atoms with Crippen LogP contribution in [0.4, 0.5) is 10.7 Å². The lowest BCUT2D eigenvalue weighted by atomic mass is 9.68. The third-order valence-corrected chi connectivity index (χ3v) is 7.65. The van der Waals surface area contributed by atoms with Crippen LogP contribution in [0.1, 0.15) is 56.7 Å². The summed E-state index contributed by atoms with van der Waals surface area (Å²) in [6, 6.07) is 11.7. The zero-order valence-corrected chi connectivity index (χ0v) is 19.0. The van der Waals surface area contributed by atoms with Crippen LogP contribution in [0.2, 0.25) is 0 Å². The maximum absolute atomic E-state index is 12.9. The first-order valence-electron chi connectivity index (χ1n) is 11.6. The van der Waals surface area contributed by atoms with Gasteiger partial charge in [-0.3, -0.25) is 0 Å². The Labute approximate surface area is 196 Å². The Morgan fingerprint density at radius 3 is 2.79 bits per heavy atom. The van der Waals surface area contributed by atoms with Crippen molar-refractivity contribution in [2.24, 2.45) is 5.41 Å². The normalized spacial score (nSPS) is 27.5. The summed E-state index contributed by atoms with van der Waals surface area (Å²) in [5.74, 6) is 0.343. The van der Waals surface area contributed by atoms with E-state index in [1.807, 2.05) is 18.5 Å². The van der Waals surface area contributed by atoms with Gasteiger partial charge >= 0.3 is 6.09 Å². The smallest absolute Gasteiger partial charge is 0.417 e. The largest absolute Gasteiger partial charge is 0.441 e. The highest BCUT2D eigenvalue weighted by molar-refractivity contribution is 5.88. The Bertz CT molecular complexity index is 1390. The molecule has 3 aliphatic rings. The lowest BCUT2D eigenvalue weighted by Crippen LogP contribution is -2.45. The number of rotatable bonds is 4. The fourth-order valence-corrected chi connectivity index (χ4v) is 5.77. The van der Waals surface area contributed by atoms with Gasteiger partial charge in [0.25, 0.3) is 0 Å². The molecule has 172 valence electrons. The number of aromatic nitrogens is 3. The van der Waals surface area contributed by atoms with E-state index in [1.54, 1.807) is 12.1 Å². The van der Waals surface area contributed by atoms with Gasteiger partial charge in [0, 0.05) is 12.6 Å². The SMILES string of the molecule is CC1(Cn2cnc3ccc(C#N)cc32)CCCC2(CN(c3cc(C4(C#N)CC4)no3)C(=O)O2)C1. The first-order chi connectivity index (χ1) is 16.4. The molecule has 3 aromatic rings. The van der Waals surface area contributed by atoms with Gasteiger partial charge in [0.15, 0.2) is 0 Å². The topological polar surface area (TPSA) is 121 Å². The number of anilines is 1. The van der Waals surface area contributed by atoms with Crippen molar-refractivity contribution in [2.75, 3.05) is 11.4 Å². The zero-order chi connectivity index (χ0) is 23.6. The molecule has 0 N–H and O–H groups in total. The summed E-state index contributed by atoms with van der Waals surface area (Å²) < 4.78 is 13.6. The molecule has 2 unspecified atom stereocenters. The second kappa shape index (κ2) is 7.07. The van der Waals surface area contributed by atoms with Gasteiger partial charge in [0.05, 0.1) is 41.6 Å². The first-order valence-corrected chi connectivity index (χ1v) is 11.6. The van der Waals surface area contributed by atoms with E-state index in [-0.39, 0.29) is 5.41 Å². The quantitative estimate of drug-likeness (QED) is 0.569. The molecular formula is C25H24N6O3. The summed E-state index contributed by atoms with van der Waals surface area (Å²) >= 11 is 0. The van der Waals surface area contributed by atoms with E-state index >= 15 is 0 Å². The third-order valence-electron chi connectivity index (χ3n) is 7.65. The zero-order valence-electron chi connectivity index (χ0n) is 19.0. The van der Waals surface area contributed by atoms with Crippen LogP contribution in [-0.4, -0.2) is 32.9 Å². The van der Waals surface area contributed by atoms with Crippen molar-refractivity contribution in [3.63, 3.8) is 0 Å². The Hall–Kier alpha value is -3.85. The van der Waals surface area contributed by atoms with E-state index in [1.165, 1.54) is 4.90 Å². The number of fused-ring (bicyclic) bond motifs is 1. The standard InChI is InChI=1S/C25H24N6O3/c1-23(14-30-16-28-18-4-3-17(11-26)9-19(18)30)5-2-6-25(12-23)15-31(22(32)33-25)21-10-20(29-34-21)24(13-27)7-8-24/h3-4,9-10,16H,2,5-8,12,14-15H2,1H3. The van der Waals surface area contributed by atoms with Gasteiger partial charge in [-0.1, -0.05) is 12.1 Å². The molecule has 2 atom stereocenters. The fourth-order valence-electron chi connectivity index (χ4n) is 5.77. The molecule has 9 heteroatoms. The van der Waals surface area contributed by atoms with Crippen LogP contribution < -0.4 is 4.90 Å². The maximum Gasteiger partial charge on any atom is 0.417 e. The number of carbonyl (C=O) groups excluding carboxylic acids is 1. The summed E-state index contributed by atoms with van der Waals surface area (Å²) in [7, 11) is 0. The molecule has 1 aromatic carbocycles. The van der Waals surface area contributed by atoms with Gasteiger partial charge in [0.1, 0.15) is 16.7 Å². The van der Waals surface area contributed by atoms with Gasteiger partial charge in [-0.15, -0.1) is 0 Å². The average Bonchev–Trinajstić information content (AvgIpc) is 3.12. The number of nitrogens with zero attached hydrogens (tertiary/aromatic N) is 6. The van der Waals surface area contributed by atoms with Gasteiger partial charge in [-0.25, -0.2) is 14.7 Å². The summed E-state index contributed by atoms with van der Waals surface area (Å²) in [5.41, 5.74) is 1.72. The van der Waals surface area contributed by atoms with E-state index in [9.17, 15) is 15.3 Å². The van der Waals surface area contributed by atoms with Crippen molar-refractivity contribution in [3.05, 3.63) is 41.9 Å². The molecule has 9 nitrogen and oxygen atoms in total. The molecule has 6 rings (SSSR count). The van der Waals surface area contributed by atoms with Crippen molar-refractivity contribution in [2.45, 2.75) is 63.0 Å². The number of amides is 1. The van der Waals surface area contributed by atoms with E-state index in [0.29, 0.717) is 30.1 Å². The second-order valence-electron chi connectivity index (χ2n) is 10.4. The van der Waals surface area contributed by atoms with Gasteiger partial charge in [-0.05, 0) is 62.1 Å². The Kier molecular flexibility index (Phi) is 4.31. The average molecular weight is 457 g/mol. The van der Waals surface area contributed by atoms with Gasteiger partial charge < -0.3 is 13.8 Å². The second-order valence-corrected chi connectivity index (χ2v) is 10.4. The van der Waals surface area contributed by atoms with E-state index < -0.39 is 17.1 Å². The molecule has 1 aliphatic heterocycles. The summed E-state index contributed by atoms with van der Waals surface area (Å²) in [4.78, 5) is 18.9. The lowest BCUT2D eigenvalue weighted by Gasteiger charge is -2.43. The highest BCUT2D eigenvalue weighted by Crippen LogP contribution is 2.50. The molecule has 1 saturated heterocycles. The van der Waals surface area contributed by atoms with Crippen LogP contribution in [0.3, 0.4) is 0 Å². The minimum Gasteiger partial charge on any atom is -0.441 e. The molecule has 2 aromatic heterocycles. The van der Waals surface area contributed by atoms with Crippen molar-refractivity contribution >= 4 is 23.0 Å². The molecule has 2 saturated carbocycles. The molecule has 3 heterocycles. The molecule has 1 spiro atoms. The monoisotopic (exact) mass is 456 g/mol. The summed E-state index contributed by atoms with van der Waals surface area (Å²) in [6.07, 6.45) is 6.36. The van der Waals surface area contributed by atoms with Crippen molar-refractivity contribution in [1.29, 1.82) is 10.5 Å². The number of benzene rings is 1. The molecule has 1 amide bonds. The van der Waals surface area contributed by atoms with Crippen LogP contribution in [0.5, 0.6) is 0 Å². The number of nitriles is 2. The Balaban J connectivity index is 1.23. The fraction of sp³-hybridized carbons (Fsp3) is 0.480. The molecular weight excluding hydrogens is 432 g/mol. The van der Waals surface area contributed by atoms with Crippen LogP contribution in [0.15, 0.2) is 35.1 Å². The minimum atomic E-state index is -0.599. The maximum atomic E-state index is 12.9. The van der Waals surface area contributed by atoms with Crippen LogP contribution in [0.25, 0.3) is 11.0 Å². The van der Waals surface area contributed by atoms with Crippen molar-refractivity contribution in [1.82, 2.24) is 14.7 Å². The Morgan fingerprint density at radius 1 is 1.18 bits per heavy atom. The third kappa shape index (κ3) is 3.23. The predicted molar refractivity (Wildman–Crippen MR) is 121 cm³/mol. The van der Waals surface area contributed by atoms with Crippen LogP contribution in [0, 0.1) is 28.1 Å². The van der Waals surface area contributed by atoms with Crippen LogP contribution in [-0.2, 0) is 16.7 Å². The van der Waals surface area contributed by atoms with E-state index in [4.69, 9.17) is 9.26 Å². The molecule has 0 radical (unpaired) electrons. The first kappa shape index (κ1) is 20.7. The van der Waals surface area contributed by atoms with E-state index in [2.05, 4.69) is 33.8 Å². The highest BCUT2D eigenvalue weighted by atomic mass is 16.6. The van der Waals surface area contributed by atoms with Gasteiger partial charge in [0.2, 0.25) is 5.88 Å². The van der Waals surface area contributed by atoms with Crippen LogP contribution >= 0.6 is 0 Å². The number of carbonyl (C=O) groups is 1. The molecule has 3 fully saturated rings. The summed E-state index contributed by atoms with van der Waals surface area (Å²) in [5, 5.41) is 22.8. The van der Waals surface area contributed by atoms with E-state index in [0.717, 1.165) is 49.7 Å². The molecule has 2 aliphatic carbocycles. The Morgan fingerprint density at radius 2 is 2.03 bits per heavy atom. The van der Waals surface area contributed by atoms with Gasteiger partial charge in [-0.2, -0.15) is 10.5 Å². The number of hydrogen-bond donors (Lipinski definition) is 0. The van der Waals surface area contributed by atoms with Crippen molar-refractivity contribution in [3.8, 4) is 12.1 Å². The number of hydrogen-bond acceptors (Lipinski definition) is 7. The molecule has 34 heavy (non-hydrogen) atoms. The highest BCUT2D eigenvalue weighted by Gasteiger charge is 2.53. The predicted octanol–water partition coefficient (Wildman–Crippen LogP) is 4.43. The number of imidazole rings is 1. The molecule has 0 bridgehead atoms. The minimum absolute atomic E-state index is 0.115. The lowest BCUT2D eigenvalue weighted by molar-refractivity contribution is -0.0264. The summed E-state index contributed by atoms with van der Waals surface area (Å²) in [6.45, 7) is 3.34. The van der Waals surface area contributed by atoms with Crippen molar-refractivity contribution < 1.29 is 14.1 Å². The number of ether oxygens (including phenoxy) is 1.